The van der Waals surface area contributed by atoms with Crippen LogP contribution in [0.25, 0.3) is 0 Å². The molecule has 0 aliphatic rings. The smallest absolute Gasteiger partial charge is 0.297 e. The summed E-state index contributed by atoms with van der Waals surface area (Å²) in [4.78, 5) is 0. The molecule has 0 saturated carbocycles. The maximum atomic E-state index is 5.72. The largest absolute Gasteiger partial charge is 0.393 e. The number of nitrogen functional groups attached to an aromatic ring is 1. The van der Waals surface area contributed by atoms with E-state index in [0.717, 1.165) is 0 Å². The molecule has 3 heteroatoms. The zero-order chi connectivity index (χ0) is 6.85. The number of aryl methyl sites for hydroxylation is 1. The van der Waals surface area contributed by atoms with Crippen molar-refractivity contribution in [2.45, 2.75) is 0 Å². The number of rotatable bonds is 0. The first kappa shape index (κ1) is 6.36. The van der Waals surface area contributed by atoms with Crippen LogP contribution in [0.1, 0.15) is 0 Å². The van der Waals surface area contributed by atoms with Crippen molar-refractivity contribution in [1.29, 1.82) is 0 Å². The molecule has 1 heterocycles. The van der Waals surface area contributed by atoms with Crippen molar-refractivity contribution in [3.8, 4) is 0 Å². The Kier molecular flexibility index (Phi) is 1.58. The minimum absolute atomic E-state index is 0.581. The Morgan fingerprint density at radius 3 is 2.78 bits per heavy atom. The molecule has 0 radical (unpaired) electrons. The average Bonchev–Trinajstić information content (AvgIpc) is 1.83. The van der Waals surface area contributed by atoms with Crippen LogP contribution in [-0.2, 0) is 7.05 Å². The lowest BCUT2D eigenvalue weighted by Crippen LogP contribution is -2.29. The lowest BCUT2D eigenvalue weighted by atomic mass is 10.4. The van der Waals surface area contributed by atoms with Crippen molar-refractivity contribution in [3.05, 3.63) is 23.5 Å². The molecular formula is C6H8ClN2+. The van der Waals surface area contributed by atoms with Crippen LogP contribution in [0.2, 0.25) is 5.15 Å². The second-order valence-electron chi connectivity index (χ2n) is 1.87. The zero-order valence-corrected chi connectivity index (χ0v) is 5.89. The van der Waals surface area contributed by atoms with Crippen molar-refractivity contribution in [1.82, 2.24) is 0 Å². The van der Waals surface area contributed by atoms with Gasteiger partial charge in [-0.05, 0) is 17.7 Å². The standard InChI is InChI=1S/C6H8ClN2/c1-9-4-2-3-5(8)6(9)7/h2-4H,8H2,1H3/q+1. The van der Waals surface area contributed by atoms with Crippen molar-refractivity contribution in [2.75, 3.05) is 5.73 Å². The van der Waals surface area contributed by atoms with Crippen LogP contribution in [-0.4, -0.2) is 0 Å². The molecule has 0 fully saturated rings. The Hall–Kier alpha value is -0.760. The molecule has 1 rings (SSSR count). The summed E-state index contributed by atoms with van der Waals surface area (Å²) in [6.07, 6.45) is 1.85. The normalized spacial score (nSPS) is 9.56. The van der Waals surface area contributed by atoms with Crippen molar-refractivity contribution in [3.63, 3.8) is 0 Å². The summed E-state index contributed by atoms with van der Waals surface area (Å²) < 4.78 is 1.76. The van der Waals surface area contributed by atoms with Gasteiger partial charge in [-0.1, -0.05) is 0 Å². The lowest BCUT2D eigenvalue weighted by Gasteiger charge is -1.91. The number of nitrogens with two attached hydrogens (primary N) is 1. The molecule has 0 aliphatic carbocycles. The van der Waals surface area contributed by atoms with E-state index < -0.39 is 0 Å². The van der Waals surface area contributed by atoms with E-state index >= 15 is 0 Å². The number of aromatic nitrogens is 1. The molecule has 2 N–H and O–H groups in total. The third-order valence-corrected chi connectivity index (χ3v) is 1.62. The molecule has 0 bridgehead atoms. The first-order valence-corrected chi connectivity index (χ1v) is 2.99. The van der Waals surface area contributed by atoms with E-state index in [9.17, 15) is 0 Å². The van der Waals surface area contributed by atoms with Gasteiger partial charge < -0.3 is 5.73 Å². The summed E-state index contributed by atoms with van der Waals surface area (Å²) in [7, 11) is 1.85. The van der Waals surface area contributed by atoms with Gasteiger partial charge in [0, 0.05) is 6.07 Å². The van der Waals surface area contributed by atoms with E-state index in [1.807, 2.05) is 19.3 Å². The van der Waals surface area contributed by atoms with Gasteiger partial charge in [0.2, 0.25) is 0 Å². The highest BCUT2D eigenvalue weighted by Gasteiger charge is 2.03. The summed E-state index contributed by atoms with van der Waals surface area (Å²) in [6.45, 7) is 0. The number of halogens is 1. The monoisotopic (exact) mass is 143 g/mol. The third-order valence-electron chi connectivity index (χ3n) is 1.13. The Labute approximate surface area is 58.9 Å². The van der Waals surface area contributed by atoms with Crippen LogP contribution < -0.4 is 10.3 Å². The second kappa shape index (κ2) is 2.23. The van der Waals surface area contributed by atoms with Gasteiger partial charge in [-0.15, -0.1) is 0 Å². The quantitative estimate of drug-likeness (QED) is 0.422. The van der Waals surface area contributed by atoms with Gasteiger partial charge in [0.05, 0.1) is 0 Å². The van der Waals surface area contributed by atoms with E-state index in [2.05, 4.69) is 0 Å². The SMILES string of the molecule is C[n+]1cccc(N)c1Cl. The van der Waals surface area contributed by atoms with E-state index in [1.54, 1.807) is 10.6 Å². The highest BCUT2D eigenvalue weighted by atomic mass is 35.5. The molecule has 0 atom stereocenters. The molecule has 0 unspecified atom stereocenters. The topological polar surface area (TPSA) is 29.9 Å². The fourth-order valence-corrected chi connectivity index (χ4v) is 0.733. The van der Waals surface area contributed by atoms with Crippen molar-refractivity contribution < 1.29 is 4.57 Å². The van der Waals surface area contributed by atoms with Crippen LogP contribution in [0.5, 0.6) is 0 Å². The zero-order valence-electron chi connectivity index (χ0n) is 5.13. The average molecular weight is 144 g/mol. The van der Waals surface area contributed by atoms with Crippen molar-refractivity contribution >= 4 is 17.3 Å². The van der Waals surface area contributed by atoms with Crippen LogP contribution >= 0.6 is 11.6 Å². The van der Waals surface area contributed by atoms with Gasteiger partial charge in [-0.2, -0.15) is 4.57 Å². The molecule has 0 spiro atoms. The molecule has 0 amide bonds. The molecule has 9 heavy (non-hydrogen) atoms. The first-order valence-electron chi connectivity index (χ1n) is 2.61. The fraction of sp³-hybridized carbons (Fsp3) is 0.167. The van der Waals surface area contributed by atoms with Crippen molar-refractivity contribution in [2.24, 2.45) is 7.05 Å². The van der Waals surface area contributed by atoms with Crippen LogP contribution in [0.3, 0.4) is 0 Å². The Balaban J connectivity index is 3.25. The molecular weight excluding hydrogens is 136 g/mol. The Morgan fingerprint density at radius 1 is 1.67 bits per heavy atom. The number of anilines is 1. The van der Waals surface area contributed by atoms with Gasteiger partial charge in [0.1, 0.15) is 12.7 Å². The number of hydrogen-bond donors (Lipinski definition) is 1. The third kappa shape index (κ3) is 1.13. The van der Waals surface area contributed by atoms with Crippen LogP contribution in [0.15, 0.2) is 18.3 Å². The maximum absolute atomic E-state index is 5.72. The first-order chi connectivity index (χ1) is 4.22. The van der Waals surface area contributed by atoms with E-state index in [0.29, 0.717) is 10.8 Å². The lowest BCUT2D eigenvalue weighted by molar-refractivity contribution is -0.668. The summed E-state index contributed by atoms with van der Waals surface area (Å²) in [5, 5.41) is 0.581. The molecule has 0 aliphatic heterocycles. The minimum atomic E-state index is 0.581. The van der Waals surface area contributed by atoms with Gasteiger partial charge >= 0.3 is 0 Å². The molecule has 1 aromatic heterocycles. The number of hydrogen-bond acceptors (Lipinski definition) is 1. The highest BCUT2D eigenvalue weighted by molar-refractivity contribution is 6.30. The Bertz CT molecular complexity index is 202. The van der Waals surface area contributed by atoms with Crippen LogP contribution in [0, 0.1) is 0 Å². The molecule has 2 nitrogen and oxygen atoms in total. The molecule has 0 aromatic carbocycles. The number of pyridine rings is 1. The van der Waals surface area contributed by atoms with Crippen LogP contribution in [0.4, 0.5) is 5.69 Å². The van der Waals surface area contributed by atoms with Gasteiger partial charge in [0.25, 0.3) is 5.15 Å². The fourth-order valence-electron chi connectivity index (χ4n) is 0.614. The highest BCUT2D eigenvalue weighted by Crippen LogP contribution is 2.09. The predicted octanol–water partition coefficient (Wildman–Crippen LogP) is 0.747. The van der Waals surface area contributed by atoms with Gasteiger partial charge in [0.15, 0.2) is 6.20 Å². The summed E-state index contributed by atoms with van der Waals surface area (Å²) >= 11 is 5.72. The minimum Gasteiger partial charge on any atom is -0.393 e. The van der Waals surface area contributed by atoms with E-state index in [1.165, 1.54) is 0 Å². The molecule has 1 aromatic rings. The van der Waals surface area contributed by atoms with Gasteiger partial charge in [-0.25, -0.2) is 0 Å². The Morgan fingerprint density at radius 2 is 2.33 bits per heavy atom. The summed E-state index contributed by atoms with van der Waals surface area (Å²) in [5.74, 6) is 0. The summed E-state index contributed by atoms with van der Waals surface area (Å²) in [5.41, 5.74) is 6.08. The van der Waals surface area contributed by atoms with Gasteiger partial charge in [-0.3, -0.25) is 0 Å². The number of nitrogens with zero attached hydrogens (tertiary/aromatic N) is 1. The second-order valence-corrected chi connectivity index (χ2v) is 2.22. The molecule has 48 valence electrons. The molecule has 0 saturated heterocycles. The predicted molar refractivity (Wildman–Crippen MR) is 37.0 cm³/mol. The summed E-state index contributed by atoms with van der Waals surface area (Å²) in [6, 6.07) is 3.61. The maximum Gasteiger partial charge on any atom is 0.297 e. The van der Waals surface area contributed by atoms with E-state index in [4.69, 9.17) is 17.3 Å². The van der Waals surface area contributed by atoms with E-state index in [-0.39, 0.29) is 0 Å².